The third kappa shape index (κ3) is 3.95. The van der Waals surface area contributed by atoms with Gasteiger partial charge in [0.2, 0.25) is 0 Å². The summed E-state index contributed by atoms with van der Waals surface area (Å²) >= 11 is 0. The van der Waals surface area contributed by atoms with Crippen LogP contribution in [0.15, 0.2) is 42.5 Å². The van der Waals surface area contributed by atoms with Crippen molar-refractivity contribution in [3.8, 4) is 5.75 Å². The lowest BCUT2D eigenvalue weighted by molar-refractivity contribution is -0.118. The van der Waals surface area contributed by atoms with E-state index >= 15 is 0 Å². The van der Waals surface area contributed by atoms with Gasteiger partial charge >= 0.3 is 0 Å². The zero-order chi connectivity index (χ0) is 16.1. The first kappa shape index (κ1) is 15.8. The van der Waals surface area contributed by atoms with Gasteiger partial charge in [0, 0.05) is 5.56 Å². The standard InChI is InChI=1S/C18H19NO3/c1-12-8-9-13(2)17(10-12)22-11-18(21)19-16-7-5-4-6-15(16)14(3)20/h4-10H,11H2,1-3H3,(H,19,21). The van der Waals surface area contributed by atoms with E-state index in [9.17, 15) is 9.59 Å². The van der Waals surface area contributed by atoms with Crippen molar-refractivity contribution in [3.63, 3.8) is 0 Å². The molecule has 0 saturated heterocycles. The zero-order valence-electron chi connectivity index (χ0n) is 13.0. The molecule has 0 aromatic heterocycles. The van der Waals surface area contributed by atoms with E-state index in [0.29, 0.717) is 17.0 Å². The summed E-state index contributed by atoms with van der Waals surface area (Å²) in [6.45, 7) is 5.27. The van der Waals surface area contributed by atoms with Crippen LogP contribution in [0.2, 0.25) is 0 Å². The third-order valence-electron chi connectivity index (χ3n) is 3.28. The predicted octanol–water partition coefficient (Wildman–Crippen LogP) is 3.52. The number of hydrogen-bond acceptors (Lipinski definition) is 3. The molecule has 0 fully saturated rings. The van der Waals surface area contributed by atoms with Gasteiger partial charge in [0.1, 0.15) is 5.75 Å². The molecule has 4 heteroatoms. The summed E-state index contributed by atoms with van der Waals surface area (Å²) in [5.74, 6) is 0.302. The van der Waals surface area contributed by atoms with E-state index in [1.807, 2.05) is 32.0 Å². The van der Waals surface area contributed by atoms with Gasteiger partial charge in [-0.25, -0.2) is 0 Å². The zero-order valence-corrected chi connectivity index (χ0v) is 13.0. The van der Waals surface area contributed by atoms with Crippen molar-refractivity contribution in [2.75, 3.05) is 11.9 Å². The van der Waals surface area contributed by atoms with E-state index in [0.717, 1.165) is 11.1 Å². The minimum absolute atomic E-state index is 0.0913. The Labute approximate surface area is 130 Å². The van der Waals surface area contributed by atoms with Crippen LogP contribution in [0, 0.1) is 13.8 Å². The molecule has 0 spiro atoms. The number of hydrogen-bond donors (Lipinski definition) is 1. The van der Waals surface area contributed by atoms with Crippen LogP contribution in [-0.4, -0.2) is 18.3 Å². The van der Waals surface area contributed by atoms with Crippen LogP contribution >= 0.6 is 0 Å². The van der Waals surface area contributed by atoms with Crippen molar-refractivity contribution in [1.82, 2.24) is 0 Å². The Balaban J connectivity index is 2.02. The maximum absolute atomic E-state index is 12.0. The van der Waals surface area contributed by atoms with Gasteiger partial charge in [-0.05, 0) is 50.1 Å². The van der Waals surface area contributed by atoms with E-state index < -0.39 is 0 Å². The molecule has 4 nitrogen and oxygen atoms in total. The number of ether oxygens (including phenoxy) is 1. The number of carbonyl (C=O) groups excluding carboxylic acids is 2. The van der Waals surface area contributed by atoms with Crippen molar-refractivity contribution >= 4 is 17.4 Å². The Kier molecular flexibility index (Phi) is 4.94. The van der Waals surface area contributed by atoms with Crippen LogP contribution in [0.25, 0.3) is 0 Å². The Bertz CT molecular complexity index is 707. The highest BCUT2D eigenvalue weighted by Crippen LogP contribution is 2.19. The second-order valence-electron chi connectivity index (χ2n) is 5.21. The average Bonchev–Trinajstić information content (AvgIpc) is 2.48. The Morgan fingerprint density at radius 3 is 2.55 bits per heavy atom. The lowest BCUT2D eigenvalue weighted by Crippen LogP contribution is -2.21. The molecule has 0 radical (unpaired) electrons. The number of ketones is 1. The van der Waals surface area contributed by atoms with Gasteiger partial charge in [0.25, 0.3) is 5.91 Å². The first-order chi connectivity index (χ1) is 10.5. The Hall–Kier alpha value is -2.62. The topological polar surface area (TPSA) is 55.4 Å². The van der Waals surface area contributed by atoms with Gasteiger partial charge < -0.3 is 10.1 Å². The fourth-order valence-corrected chi connectivity index (χ4v) is 2.09. The van der Waals surface area contributed by atoms with Gasteiger partial charge in [-0.15, -0.1) is 0 Å². The molecular weight excluding hydrogens is 278 g/mol. The SMILES string of the molecule is CC(=O)c1ccccc1NC(=O)COc1cc(C)ccc1C. The highest BCUT2D eigenvalue weighted by molar-refractivity contribution is 6.03. The number of carbonyl (C=O) groups is 2. The van der Waals surface area contributed by atoms with Crippen LogP contribution < -0.4 is 10.1 Å². The maximum Gasteiger partial charge on any atom is 0.262 e. The summed E-state index contributed by atoms with van der Waals surface area (Å²) in [6, 6.07) is 12.8. The van der Waals surface area contributed by atoms with Crippen LogP contribution in [0.1, 0.15) is 28.4 Å². The monoisotopic (exact) mass is 297 g/mol. The number of benzene rings is 2. The van der Waals surface area contributed by atoms with Crippen molar-refractivity contribution in [2.24, 2.45) is 0 Å². The summed E-state index contributed by atoms with van der Waals surface area (Å²) in [6.07, 6.45) is 0. The highest BCUT2D eigenvalue weighted by Gasteiger charge is 2.10. The smallest absolute Gasteiger partial charge is 0.262 e. The molecule has 2 aromatic carbocycles. The molecule has 0 aliphatic rings. The summed E-state index contributed by atoms with van der Waals surface area (Å²) in [5.41, 5.74) is 3.04. The number of anilines is 1. The predicted molar refractivity (Wildman–Crippen MR) is 86.5 cm³/mol. The molecule has 0 saturated carbocycles. The molecule has 0 aliphatic heterocycles. The van der Waals surface area contributed by atoms with Gasteiger partial charge in [-0.3, -0.25) is 9.59 Å². The molecule has 0 unspecified atom stereocenters. The van der Waals surface area contributed by atoms with Crippen molar-refractivity contribution in [3.05, 3.63) is 59.2 Å². The van der Waals surface area contributed by atoms with Crippen LogP contribution in [0.5, 0.6) is 5.75 Å². The largest absolute Gasteiger partial charge is 0.483 e. The van der Waals surface area contributed by atoms with E-state index in [2.05, 4.69) is 5.32 Å². The fraction of sp³-hybridized carbons (Fsp3) is 0.222. The van der Waals surface area contributed by atoms with Gasteiger partial charge in [0.05, 0.1) is 5.69 Å². The van der Waals surface area contributed by atoms with E-state index in [1.54, 1.807) is 24.3 Å². The van der Waals surface area contributed by atoms with E-state index in [-0.39, 0.29) is 18.3 Å². The summed E-state index contributed by atoms with van der Waals surface area (Å²) in [4.78, 5) is 23.5. The Morgan fingerprint density at radius 2 is 1.82 bits per heavy atom. The molecule has 22 heavy (non-hydrogen) atoms. The summed E-state index contributed by atoms with van der Waals surface area (Å²) < 4.78 is 5.55. The number of nitrogens with one attached hydrogen (secondary N) is 1. The molecule has 1 amide bonds. The molecule has 0 atom stereocenters. The first-order valence-corrected chi connectivity index (χ1v) is 7.07. The van der Waals surface area contributed by atoms with E-state index in [4.69, 9.17) is 4.74 Å². The quantitative estimate of drug-likeness (QED) is 0.859. The van der Waals surface area contributed by atoms with Gasteiger partial charge in [0.15, 0.2) is 12.4 Å². The van der Waals surface area contributed by atoms with Crippen molar-refractivity contribution < 1.29 is 14.3 Å². The van der Waals surface area contributed by atoms with Crippen LogP contribution in [0.4, 0.5) is 5.69 Å². The first-order valence-electron chi connectivity index (χ1n) is 7.07. The van der Waals surface area contributed by atoms with E-state index in [1.165, 1.54) is 6.92 Å². The molecule has 114 valence electrons. The van der Waals surface area contributed by atoms with Gasteiger partial charge in [-0.1, -0.05) is 24.3 Å². The normalized spacial score (nSPS) is 10.1. The van der Waals surface area contributed by atoms with Crippen molar-refractivity contribution in [1.29, 1.82) is 0 Å². The van der Waals surface area contributed by atoms with Crippen LogP contribution in [0.3, 0.4) is 0 Å². The third-order valence-corrected chi connectivity index (χ3v) is 3.28. The lowest BCUT2D eigenvalue weighted by Gasteiger charge is -2.11. The fourth-order valence-electron chi connectivity index (χ4n) is 2.09. The summed E-state index contributed by atoms with van der Waals surface area (Å²) in [5, 5.41) is 2.71. The van der Waals surface area contributed by atoms with Crippen LogP contribution in [-0.2, 0) is 4.79 Å². The second kappa shape index (κ2) is 6.89. The number of aryl methyl sites for hydroxylation is 2. The molecule has 1 N–H and O–H groups in total. The highest BCUT2D eigenvalue weighted by atomic mass is 16.5. The minimum Gasteiger partial charge on any atom is -0.483 e. The molecule has 0 heterocycles. The number of para-hydroxylation sites is 1. The average molecular weight is 297 g/mol. The van der Waals surface area contributed by atoms with Gasteiger partial charge in [-0.2, -0.15) is 0 Å². The number of amides is 1. The maximum atomic E-state index is 12.0. The molecule has 2 aromatic rings. The second-order valence-corrected chi connectivity index (χ2v) is 5.21. The van der Waals surface area contributed by atoms with Crippen molar-refractivity contribution in [2.45, 2.75) is 20.8 Å². The minimum atomic E-state index is -0.297. The Morgan fingerprint density at radius 1 is 1.09 bits per heavy atom. The number of Topliss-reactive ketones (excluding diaryl/α,β-unsaturated/α-hetero) is 1. The summed E-state index contributed by atoms with van der Waals surface area (Å²) in [7, 11) is 0. The molecular formula is C18H19NO3. The lowest BCUT2D eigenvalue weighted by atomic mass is 10.1. The number of rotatable bonds is 5. The molecule has 2 rings (SSSR count). The molecule has 0 bridgehead atoms. The molecule has 0 aliphatic carbocycles.